The van der Waals surface area contributed by atoms with Gasteiger partial charge in [0.1, 0.15) is 6.54 Å². The van der Waals surface area contributed by atoms with E-state index in [9.17, 15) is 4.79 Å². The zero-order valence-corrected chi connectivity index (χ0v) is 14.1. The molecule has 7 heteroatoms. The quantitative estimate of drug-likeness (QED) is 0.874. The number of thiophene rings is 1. The van der Waals surface area contributed by atoms with E-state index < -0.39 is 0 Å². The van der Waals surface area contributed by atoms with Gasteiger partial charge in [0, 0.05) is 6.20 Å². The summed E-state index contributed by atoms with van der Waals surface area (Å²) in [5.41, 5.74) is 1.27. The number of halogens is 2. The molecule has 0 aliphatic heterocycles. The second-order valence-electron chi connectivity index (χ2n) is 4.87. The summed E-state index contributed by atoms with van der Waals surface area (Å²) in [6.45, 7) is 3.24. The SMILES string of the molecule is Cc1ccsc1C[NH+](C)CC(=O)Nc1ncc(Cl)cc1Cl. The van der Waals surface area contributed by atoms with Gasteiger partial charge < -0.3 is 10.2 Å². The maximum absolute atomic E-state index is 12.0. The van der Waals surface area contributed by atoms with Crippen molar-refractivity contribution in [2.45, 2.75) is 13.5 Å². The average molecular weight is 345 g/mol. The monoisotopic (exact) mass is 344 g/mol. The lowest BCUT2D eigenvalue weighted by molar-refractivity contribution is -0.884. The minimum absolute atomic E-state index is 0.126. The van der Waals surface area contributed by atoms with Crippen molar-refractivity contribution >= 4 is 46.3 Å². The normalized spacial score (nSPS) is 12.2. The number of amides is 1. The predicted molar refractivity (Wildman–Crippen MR) is 87.4 cm³/mol. The lowest BCUT2D eigenvalue weighted by Crippen LogP contribution is -3.08. The second kappa shape index (κ2) is 7.22. The van der Waals surface area contributed by atoms with Crippen LogP contribution in [0.3, 0.4) is 0 Å². The van der Waals surface area contributed by atoms with Crippen molar-refractivity contribution < 1.29 is 9.69 Å². The van der Waals surface area contributed by atoms with Gasteiger partial charge in [0.05, 0.1) is 22.0 Å². The van der Waals surface area contributed by atoms with Crippen LogP contribution in [0.25, 0.3) is 0 Å². The zero-order chi connectivity index (χ0) is 15.4. The van der Waals surface area contributed by atoms with Crippen molar-refractivity contribution in [2.24, 2.45) is 0 Å². The first-order chi connectivity index (χ1) is 9.95. The van der Waals surface area contributed by atoms with Gasteiger partial charge in [-0.1, -0.05) is 23.2 Å². The summed E-state index contributed by atoms with van der Waals surface area (Å²) in [4.78, 5) is 18.4. The number of aromatic nitrogens is 1. The van der Waals surface area contributed by atoms with Gasteiger partial charge in [0.2, 0.25) is 0 Å². The molecule has 2 rings (SSSR count). The summed E-state index contributed by atoms with van der Waals surface area (Å²) in [5.74, 6) is 0.213. The van der Waals surface area contributed by atoms with E-state index in [1.807, 2.05) is 7.05 Å². The first kappa shape index (κ1) is 16.2. The van der Waals surface area contributed by atoms with Crippen molar-refractivity contribution in [3.8, 4) is 0 Å². The highest BCUT2D eigenvalue weighted by atomic mass is 35.5. The molecular formula is C14H16Cl2N3OS+. The van der Waals surface area contributed by atoms with Crippen LogP contribution in [0.2, 0.25) is 10.0 Å². The molecule has 0 bridgehead atoms. The first-order valence-electron chi connectivity index (χ1n) is 6.41. The van der Waals surface area contributed by atoms with Gasteiger partial charge in [-0.15, -0.1) is 11.3 Å². The maximum atomic E-state index is 12.0. The molecule has 0 radical (unpaired) electrons. The largest absolute Gasteiger partial charge is 0.325 e. The number of hydrogen-bond acceptors (Lipinski definition) is 3. The molecule has 0 aliphatic rings. The molecule has 1 atom stereocenters. The number of rotatable bonds is 5. The van der Waals surface area contributed by atoms with E-state index >= 15 is 0 Å². The van der Waals surface area contributed by atoms with Gasteiger partial charge in [0.25, 0.3) is 5.91 Å². The van der Waals surface area contributed by atoms with Gasteiger partial charge >= 0.3 is 0 Å². The van der Waals surface area contributed by atoms with Crippen molar-refractivity contribution in [3.05, 3.63) is 44.2 Å². The Morgan fingerprint density at radius 2 is 2.24 bits per heavy atom. The second-order valence-corrected chi connectivity index (χ2v) is 6.71. The van der Waals surface area contributed by atoms with E-state index in [-0.39, 0.29) is 5.91 Å². The highest BCUT2D eigenvalue weighted by Gasteiger charge is 2.14. The highest BCUT2D eigenvalue weighted by molar-refractivity contribution is 7.10. The summed E-state index contributed by atoms with van der Waals surface area (Å²) >= 11 is 13.5. The third kappa shape index (κ3) is 4.68. The van der Waals surface area contributed by atoms with Crippen LogP contribution in [0.15, 0.2) is 23.7 Å². The number of carbonyl (C=O) groups excluding carboxylic acids is 1. The minimum Gasteiger partial charge on any atom is -0.325 e. The third-order valence-electron chi connectivity index (χ3n) is 2.96. The Morgan fingerprint density at radius 3 is 2.86 bits per heavy atom. The number of likely N-dealkylation sites (N-methyl/N-ethyl adjacent to an activating group) is 1. The number of anilines is 1. The Labute approximate surface area is 137 Å². The first-order valence-corrected chi connectivity index (χ1v) is 8.04. The molecule has 2 heterocycles. The van der Waals surface area contributed by atoms with Crippen LogP contribution in [0.1, 0.15) is 10.4 Å². The summed E-state index contributed by atoms with van der Waals surface area (Å²) < 4.78 is 0. The molecule has 1 amide bonds. The Kier molecular flexibility index (Phi) is 5.58. The van der Waals surface area contributed by atoms with Crippen molar-refractivity contribution in [1.82, 2.24) is 4.98 Å². The molecule has 0 fully saturated rings. The minimum atomic E-state index is -0.126. The molecule has 0 saturated heterocycles. The van der Waals surface area contributed by atoms with E-state index in [2.05, 4.69) is 28.7 Å². The van der Waals surface area contributed by atoms with Gasteiger partial charge in [-0.2, -0.15) is 0 Å². The molecule has 2 aromatic heterocycles. The van der Waals surface area contributed by atoms with Crippen molar-refractivity contribution in [3.63, 3.8) is 0 Å². The molecule has 0 aromatic carbocycles. The van der Waals surface area contributed by atoms with Crippen molar-refractivity contribution in [1.29, 1.82) is 0 Å². The summed E-state index contributed by atoms with van der Waals surface area (Å²) in [6, 6.07) is 3.64. The number of aryl methyl sites for hydroxylation is 1. The molecule has 1 unspecified atom stereocenters. The number of nitrogens with zero attached hydrogens (tertiary/aromatic N) is 1. The standard InChI is InChI=1S/C14H15Cl2N3OS/c1-9-3-4-21-12(9)7-19(2)8-13(20)18-14-11(16)5-10(15)6-17-14/h3-6H,7-8H2,1-2H3,(H,17,18,20)/p+1. The van der Waals surface area contributed by atoms with E-state index in [0.29, 0.717) is 22.4 Å². The maximum Gasteiger partial charge on any atom is 0.280 e. The van der Waals surface area contributed by atoms with Crippen LogP contribution in [0.5, 0.6) is 0 Å². The van der Waals surface area contributed by atoms with Gasteiger partial charge in [-0.3, -0.25) is 4.79 Å². The lowest BCUT2D eigenvalue weighted by Gasteiger charge is -2.13. The van der Waals surface area contributed by atoms with Crippen LogP contribution in [0.4, 0.5) is 5.82 Å². The molecule has 21 heavy (non-hydrogen) atoms. The van der Waals surface area contributed by atoms with Crippen LogP contribution in [-0.2, 0) is 11.3 Å². The number of quaternary nitrogens is 1. The van der Waals surface area contributed by atoms with E-state index in [4.69, 9.17) is 23.2 Å². The van der Waals surface area contributed by atoms with Gasteiger partial charge in [-0.05, 0) is 30.0 Å². The Bertz CT molecular complexity index is 645. The van der Waals surface area contributed by atoms with E-state index in [0.717, 1.165) is 11.4 Å². The number of hydrogen-bond donors (Lipinski definition) is 2. The Hall–Kier alpha value is -1.14. The van der Waals surface area contributed by atoms with E-state index in [1.54, 1.807) is 17.4 Å². The fourth-order valence-corrected chi connectivity index (χ4v) is 3.33. The predicted octanol–water partition coefficient (Wildman–Crippen LogP) is 2.41. The van der Waals surface area contributed by atoms with Crippen LogP contribution in [-0.4, -0.2) is 24.5 Å². The number of nitrogens with one attached hydrogen (secondary N) is 2. The summed E-state index contributed by atoms with van der Waals surface area (Å²) in [5, 5.41) is 5.54. The van der Waals surface area contributed by atoms with Crippen LogP contribution in [0, 0.1) is 6.92 Å². The molecule has 0 aliphatic carbocycles. The average Bonchev–Trinajstić information content (AvgIpc) is 2.78. The fraction of sp³-hybridized carbons (Fsp3) is 0.286. The Morgan fingerprint density at radius 1 is 1.48 bits per heavy atom. The third-order valence-corrected chi connectivity index (χ3v) is 4.48. The smallest absolute Gasteiger partial charge is 0.280 e. The molecule has 4 nitrogen and oxygen atoms in total. The molecule has 112 valence electrons. The van der Waals surface area contributed by atoms with Crippen LogP contribution < -0.4 is 10.2 Å². The number of pyridine rings is 1. The summed E-state index contributed by atoms with van der Waals surface area (Å²) in [7, 11) is 1.98. The van der Waals surface area contributed by atoms with E-state index in [1.165, 1.54) is 16.6 Å². The topological polar surface area (TPSA) is 46.4 Å². The van der Waals surface area contributed by atoms with Gasteiger partial charge in [0.15, 0.2) is 12.4 Å². The fourth-order valence-electron chi connectivity index (χ4n) is 1.88. The molecule has 0 spiro atoms. The zero-order valence-electron chi connectivity index (χ0n) is 11.7. The molecule has 2 N–H and O–H groups in total. The van der Waals surface area contributed by atoms with Crippen molar-refractivity contribution in [2.75, 3.05) is 18.9 Å². The lowest BCUT2D eigenvalue weighted by atomic mass is 10.3. The Balaban J connectivity index is 1.90. The molecule has 0 saturated carbocycles. The molecular weight excluding hydrogens is 329 g/mol. The molecule has 2 aromatic rings. The summed E-state index contributed by atoms with van der Waals surface area (Å²) in [6.07, 6.45) is 1.45. The number of carbonyl (C=O) groups is 1. The van der Waals surface area contributed by atoms with Gasteiger partial charge in [-0.25, -0.2) is 4.98 Å². The van der Waals surface area contributed by atoms with Crippen LogP contribution >= 0.6 is 34.5 Å². The highest BCUT2D eigenvalue weighted by Crippen LogP contribution is 2.22.